The van der Waals surface area contributed by atoms with Gasteiger partial charge in [-0.05, 0) is 30.2 Å². The van der Waals surface area contributed by atoms with E-state index in [1.165, 1.54) is 31.2 Å². The van der Waals surface area contributed by atoms with Gasteiger partial charge in [0.1, 0.15) is 0 Å². The standard InChI is InChI=1S/C18H25NO2/c1-13(18(20)21)15-11-19(12-15)17-10-6-5-9-16(17)14-7-3-2-4-8-14/h2-4,7-8,13,15-17H,5-6,9-12H2,1H3,(H,20,21). The van der Waals surface area contributed by atoms with Crippen molar-refractivity contribution in [3.05, 3.63) is 35.9 Å². The van der Waals surface area contributed by atoms with Gasteiger partial charge in [0.05, 0.1) is 5.92 Å². The summed E-state index contributed by atoms with van der Waals surface area (Å²) in [5, 5.41) is 9.13. The fraction of sp³-hybridized carbons (Fsp3) is 0.611. The molecule has 1 aromatic rings. The molecule has 3 nitrogen and oxygen atoms in total. The Balaban J connectivity index is 1.65. The number of hydrogen-bond donors (Lipinski definition) is 1. The molecule has 2 fully saturated rings. The molecule has 0 spiro atoms. The van der Waals surface area contributed by atoms with Crippen LogP contribution in [0.4, 0.5) is 0 Å². The van der Waals surface area contributed by atoms with E-state index in [0.29, 0.717) is 17.9 Å². The van der Waals surface area contributed by atoms with Gasteiger partial charge in [-0.2, -0.15) is 0 Å². The number of likely N-dealkylation sites (tertiary alicyclic amines) is 1. The molecule has 1 saturated carbocycles. The molecule has 3 rings (SSSR count). The average Bonchev–Trinajstić information content (AvgIpc) is 2.47. The predicted octanol–water partition coefficient (Wildman–Crippen LogP) is 3.37. The smallest absolute Gasteiger partial charge is 0.306 e. The molecule has 0 bridgehead atoms. The van der Waals surface area contributed by atoms with Crippen LogP contribution in [0.3, 0.4) is 0 Å². The van der Waals surface area contributed by atoms with Gasteiger partial charge in [0, 0.05) is 19.1 Å². The highest BCUT2D eigenvalue weighted by atomic mass is 16.4. The molecule has 1 saturated heterocycles. The van der Waals surface area contributed by atoms with E-state index in [-0.39, 0.29) is 5.92 Å². The summed E-state index contributed by atoms with van der Waals surface area (Å²) < 4.78 is 0. The van der Waals surface area contributed by atoms with Crippen molar-refractivity contribution in [1.82, 2.24) is 4.90 Å². The van der Waals surface area contributed by atoms with Crippen molar-refractivity contribution in [2.75, 3.05) is 13.1 Å². The van der Waals surface area contributed by atoms with Crippen LogP contribution in [0, 0.1) is 11.8 Å². The average molecular weight is 287 g/mol. The lowest BCUT2D eigenvalue weighted by Gasteiger charge is -2.50. The normalized spacial score (nSPS) is 28.8. The highest BCUT2D eigenvalue weighted by Gasteiger charge is 2.41. The van der Waals surface area contributed by atoms with Crippen molar-refractivity contribution in [2.45, 2.75) is 44.6 Å². The van der Waals surface area contributed by atoms with Crippen molar-refractivity contribution in [3.63, 3.8) is 0 Å². The number of aliphatic carboxylic acids is 1. The molecule has 1 N–H and O–H groups in total. The fourth-order valence-corrected chi connectivity index (χ4v) is 3.98. The summed E-state index contributed by atoms with van der Waals surface area (Å²) >= 11 is 0. The Morgan fingerprint density at radius 1 is 1.19 bits per heavy atom. The Hall–Kier alpha value is -1.35. The second-order valence-electron chi connectivity index (χ2n) is 6.71. The van der Waals surface area contributed by atoms with Gasteiger partial charge in [0.2, 0.25) is 0 Å². The van der Waals surface area contributed by atoms with Crippen LogP contribution < -0.4 is 0 Å². The van der Waals surface area contributed by atoms with E-state index in [0.717, 1.165) is 13.1 Å². The van der Waals surface area contributed by atoms with Gasteiger partial charge in [-0.1, -0.05) is 50.1 Å². The molecule has 3 unspecified atom stereocenters. The molecule has 1 heterocycles. The first-order valence-corrected chi connectivity index (χ1v) is 8.18. The molecular weight excluding hydrogens is 262 g/mol. The molecule has 3 atom stereocenters. The van der Waals surface area contributed by atoms with Crippen molar-refractivity contribution in [3.8, 4) is 0 Å². The maximum atomic E-state index is 11.1. The molecule has 0 amide bonds. The second-order valence-corrected chi connectivity index (χ2v) is 6.71. The van der Waals surface area contributed by atoms with Gasteiger partial charge in [-0.3, -0.25) is 9.69 Å². The molecule has 0 aromatic heterocycles. The first-order valence-electron chi connectivity index (χ1n) is 8.18. The summed E-state index contributed by atoms with van der Waals surface area (Å²) in [6.45, 7) is 3.77. The molecule has 1 aliphatic heterocycles. The lowest BCUT2D eigenvalue weighted by Crippen LogP contribution is -2.57. The summed E-state index contributed by atoms with van der Waals surface area (Å²) in [6, 6.07) is 11.5. The zero-order valence-corrected chi connectivity index (χ0v) is 12.7. The summed E-state index contributed by atoms with van der Waals surface area (Å²) in [5.74, 6) is 0.102. The van der Waals surface area contributed by atoms with Crippen LogP contribution in [0.2, 0.25) is 0 Å². The van der Waals surface area contributed by atoms with Gasteiger partial charge in [-0.25, -0.2) is 0 Å². The van der Waals surface area contributed by atoms with Crippen molar-refractivity contribution in [2.24, 2.45) is 11.8 Å². The number of carbonyl (C=O) groups is 1. The van der Waals surface area contributed by atoms with E-state index in [1.54, 1.807) is 0 Å². The highest BCUT2D eigenvalue weighted by molar-refractivity contribution is 5.70. The SMILES string of the molecule is CC(C(=O)O)C1CN(C2CCCCC2c2ccccc2)C1. The van der Waals surface area contributed by atoms with E-state index in [2.05, 4.69) is 35.2 Å². The molecule has 21 heavy (non-hydrogen) atoms. The lowest BCUT2D eigenvalue weighted by atomic mass is 9.76. The molecule has 1 aromatic carbocycles. The molecular formula is C18H25NO2. The minimum absolute atomic E-state index is 0.208. The first kappa shape index (κ1) is 14.6. The number of nitrogens with zero attached hydrogens (tertiary/aromatic N) is 1. The maximum absolute atomic E-state index is 11.1. The zero-order valence-electron chi connectivity index (χ0n) is 12.7. The zero-order chi connectivity index (χ0) is 14.8. The third-order valence-electron chi connectivity index (χ3n) is 5.46. The molecule has 3 heteroatoms. The number of carboxylic acids is 1. The van der Waals surface area contributed by atoms with Crippen molar-refractivity contribution < 1.29 is 9.90 Å². The number of carboxylic acid groups (broad SMARTS) is 1. The molecule has 0 radical (unpaired) electrons. The van der Waals surface area contributed by atoms with Crippen LogP contribution >= 0.6 is 0 Å². The highest BCUT2D eigenvalue weighted by Crippen LogP contribution is 2.39. The minimum atomic E-state index is -0.650. The van der Waals surface area contributed by atoms with Crippen molar-refractivity contribution >= 4 is 5.97 Å². The van der Waals surface area contributed by atoms with Crippen LogP contribution in [0.5, 0.6) is 0 Å². The Labute approximate surface area is 127 Å². The molecule has 1 aliphatic carbocycles. The van der Waals surface area contributed by atoms with Gasteiger partial charge in [-0.15, -0.1) is 0 Å². The van der Waals surface area contributed by atoms with Gasteiger partial charge < -0.3 is 5.11 Å². The Morgan fingerprint density at radius 2 is 1.86 bits per heavy atom. The van der Waals surface area contributed by atoms with Gasteiger partial charge >= 0.3 is 5.97 Å². The Morgan fingerprint density at radius 3 is 2.52 bits per heavy atom. The quantitative estimate of drug-likeness (QED) is 0.923. The largest absolute Gasteiger partial charge is 0.481 e. The summed E-state index contributed by atoms with van der Waals surface area (Å²) in [5.41, 5.74) is 1.46. The number of rotatable bonds is 4. The van der Waals surface area contributed by atoms with E-state index in [1.807, 2.05) is 6.92 Å². The third kappa shape index (κ3) is 2.98. The van der Waals surface area contributed by atoms with Crippen LogP contribution in [0.1, 0.15) is 44.1 Å². The van der Waals surface area contributed by atoms with E-state index in [4.69, 9.17) is 5.11 Å². The first-order chi connectivity index (χ1) is 10.2. The Bertz CT molecular complexity index is 481. The number of benzene rings is 1. The van der Waals surface area contributed by atoms with Crippen LogP contribution in [-0.2, 0) is 4.79 Å². The monoisotopic (exact) mass is 287 g/mol. The Kier molecular flexibility index (Phi) is 4.29. The molecule has 2 aliphatic rings. The molecule has 114 valence electrons. The van der Waals surface area contributed by atoms with Crippen molar-refractivity contribution in [1.29, 1.82) is 0 Å². The van der Waals surface area contributed by atoms with Crippen LogP contribution in [0.25, 0.3) is 0 Å². The van der Waals surface area contributed by atoms with Gasteiger partial charge in [0.15, 0.2) is 0 Å². The van der Waals surface area contributed by atoms with Crippen LogP contribution in [-0.4, -0.2) is 35.1 Å². The minimum Gasteiger partial charge on any atom is -0.481 e. The van der Waals surface area contributed by atoms with E-state index < -0.39 is 5.97 Å². The second kappa shape index (κ2) is 6.18. The summed E-state index contributed by atoms with van der Waals surface area (Å²) in [7, 11) is 0. The topological polar surface area (TPSA) is 40.5 Å². The van der Waals surface area contributed by atoms with E-state index >= 15 is 0 Å². The summed E-state index contributed by atoms with van der Waals surface area (Å²) in [4.78, 5) is 13.6. The fourth-order valence-electron chi connectivity index (χ4n) is 3.98. The number of hydrogen-bond acceptors (Lipinski definition) is 2. The maximum Gasteiger partial charge on any atom is 0.306 e. The van der Waals surface area contributed by atoms with E-state index in [9.17, 15) is 4.79 Å². The summed E-state index contributed by atoms with van der Waals surface area (Å²) in [6.07, 6.45) is 5.15. The lowest BCUT2D eigenvalue weighted by molar-refractivity contribution is -0.146. The third-order valence-corrected chi connectivity index (χ3v) is 5.46. The van der Waals surface area contributed by atoms with Crippen LogP contribution in [0.15, 0.2) is 30.3 Å². The predicted molar refractivity (Wildman–Crippen MR) is 83.3 cm³/mol. The van der Waals surface area contributed by atoms with Gasteiger partial charge in [0.25, 0.3) is 0 Å².